The molecule has 5 rings (SSSR count). The summed E-state index contributed by atoms with van der Waals surface area (Å²) in [4.78, 5) is 20.9. The van der Waals surface area contributed by atoms with Crippen LogP contribution in [0.2, 0.25) is 0 Å². The summed E-state index contributed by atoms with van der Waals surface area (Å²) >= 11 is 0. The number of methoxy groups -OCH3 is 1. The zero-order chi connectivity index (χ0) is 24.0. The molecule has 5 aromatic rings. The van der Waals surface area contributed by atoms with Crippen molar-refractivity contribution in [2.45, 2.75) is 13.1 Å². The lowest BCUT2D eigenvalue weighted by Crippen LogP contribution is -2.30. The summed E-state index contributed by atoms with van der Waals surface area (Å²) in [5.41, 5.74) is 5.24. The van der Waals surface area contributed by atoms with Gasteiger partial charge in [-0.1, -0.05) is 91.0 Å². The Morgan fingerprint density at radius 1 is 0.743 bits per heavy atom. The van der Waals surface area contributed by atoms with Crippen LogP contribution in [0.1, 0.15) is 21.5 Å². The van der Waals surface area contributed by atoms with E-state index in [0.717, 1.165) is 39.0 Å². The Bertz CT molecular complexity index is 1410. The Morgan fingerprint density at radius 3 is 2.03 bits per heavy atom. The van der Waals surface area contributed by atoms with Crippen LogP contribution in [0.4, 0.5) is 0 Å². The number of rotatable bonds is 7. The fraction of sp³-hybridized carbons (Fsp3) is 0.0968. The third-order valence-corrected chi connectivity index (χ3v) is 6.03. The highest BCUT2D eigenvalue weighted by Crippen LogP contribution is 2.28. The highest BCUT2D eigenvalue weighted by Gasteiger charge is 2.21. The summed E-state index contributed by atoms with van der Waals surface area (Å²) in [7, 11) is 1.65. The van der Waals surface area contributed by atoms with Crippen LogP contribution in [0.5, 0.6) is 5.75 Å². The highest BCUT2D eigenvalue weighted by atomic mass is 16.5. The van der Waals surface area contributed by atoms with Crippen molar-refractivity contribution in [2.75, 3.05) is 7.11 Å². The number of hydrogen-bond acceptors (Lipinski definition) is 3. The minimum absolute atomic E-state index is 0.0274. The second-order valence-electron chi connectivity index (χ2n) is 8.44. The molecule has 172 valence electrons. The van der Waals surface area contributed by atoms with Gasteiger partial charge in [0.1, 0.15) is 5.75 Å². The molecule has 0 atom stereocenters. The van der Waals surface area contributed by atoms with Gasteiger partial charge < -0.3 is 9.64 Å². The molecule has 0 N–H and O–H groups in total. The van der Waals surface area contributed by atoms with Crippen LogP contribution in [0, 0.1) is 0 Å². The van der Waals surface area contributed by atoms with Gasteiger partial charge in [-0.25, -0.2) is 4.98 Å². The fourth-order valence-corrected chi connectivity index (χ4v) is 4.26. The van der Waals surface area contributed by atoms with Crippen molar-refractivity contribution in [2.24, 2.45) is 0 Å². The molecule has 0 spiro atoms. The van der Waals surface area contributed by atoms with Crippen molar-refractivity contribution in [1.82, 2.24) is 9.88 Å². The second kappa shape index (κ2) is 10.2. The molecule has 1 heterocycles. The minimum Gasteiger partial charge on any atom is -0.497 e. The maximum Gasteiger partial charge on any atom is 0.255 e. The highest BCUT2D eigenvalue weighted by molar-refractivity contribution is 6.07. The molecule has 4 aromatic carbocycles. The van der Waals surface area contributed by atoms with Crippen molar-refractivity contribution in [3.05, 3.63) is 132 Å². The Labute approximate surface area is 205 Å². The number of ether oxygens (including phenoxy) is 1. The molecule has 1 aromatic heterocycles. The number of carbonyl (C=O) groups is 1. The van der Waals surface area contributed by atoms with E-state index < -0.39 is 0 Å². The molecule has 4 heteroatoms. The van der Waals surface area contributed by atoms with E-state index in [4.69, 9.17) is 9.72 Å². The number of hydrogen-bond donors (Lipinski definition) is 0. The van der Waals surface area contributed by atoms with Crippen LogP contribution < -0.4 is 4.74 Å². The first-order valence-corrected chi connectivity index (χ1v) is 11.6. The summed E-state index contributed by atoms with van der Waals surface area (Å²) < 4.78 is 5.41. The van der Waals surface area contributed by atoms with Gasteiger partial charge in [-0.3, -0.25) is 4.79 Å². The van der Waals surface area contributed by atoms with Gasteiger partial charge in [0.05, 0.1) is 23.9 Å². The van der Waals surface area contributed by atoms with Crippen molar-refractivity contribution < 1.29 is 9.53 Å². The van der Waals surface area contributed by atoms with Crippen molar-refractivity contribution in [3.63, 3.8) is 0 Å². The summed E-state index contributed by atoms with van der Waals surface area (Å²) in [6, 6.07) is 37.7. The second-order valence-corrected chi connectivity index (χ2v) is 8.44. The average molecular weight is 459 g/mol. The average Bonchev–Trinajstić information content (AvgIpc) is 2.93. The lowest BCUT2D eigenvalue weighted by atomic mass is 10.0. The number of aromatic nitrogens is 1. The summed E-state index contributed by atoms with van der Waals surface area (Å²) in [5.74, 6) is 0.723. The van der Waals surface area contributed by atoms with E-state index in [1.807, 2.05) is 95.9 Å². The molecule has 0 aliphatic carbocycles. The first-order valence-electron chi connectivity index (χ1n) is 11.6. The molecular weight excluding hydrogens is 432 g/mol. The molecule has 35 heavy (non-hydrogen) atoms. The number of amides is 1. The van der Waals surface area contributed by atoms with Gasteiger partial charge in [-0.15, -0.1) is 0 Å². The summed E-state index contributed by atoms with van der Waals surface area (Å²) in [6.07, 6.45) is 0. The van der Waals surface area contributed by atoms with Gasteiger partial charge in [-0.2, -0.15) is 0 Å². The lowest BCUT2D eigenvalue weighted by Gasteiger charge is -2.24. The number of carbonyl (C=O) groups excluding carboxylic acids is 1. The quantitative estimate of drug-likeness (QED) is 0.271. The van der Waals surface area contributed by atoms with E-state index in [9.17, 15) is 4.79 Å². The Kier molecular flexibility index (Phi) is 6.53. The maximum absolute atomic E-state index is 14.1. The van der Waals surface area contributed by atoms with Gasteiger partial charge in [0, 0.05) is 24.0 Å². The zero-order valence-corrected chi connectivity index (χ0v) is 19.6. The standard InChI is InChI=1S/C31H26N2O2/c1-35-26-16-10-15-25(19-26)30-20-28(27-17-8-9-18-29(27)32-30)31(34)33(21-23-11-4-2-5-12-23)22-24-13-6-3-7-14-24/h2-20H,21-22H2,1H3. The molecule has 0 fully saturated rings. The normalized spacial score (nSPS) is 10.8. The van der Waals surface area contributed by atoms with E-state index >= 15 is 0 Å². The fourth-order valence-electron chi connectivity index (χ4n) is 4.26. The molecule has 0 unspecified atom stereocenters. The number of pyridine rings is 1. The summed E-state index contributed by atoms with van der Waals surface area (Å²) in [5, 5.41) is 0.843. The monoisotopic (exact) mass is 458 g/mol. The molecule has 0 aliphatic rings. The van der Waals surface area contributed by atoms with Gasteiger partial charge >= 0.3 is 0 Å². The molecular formula is C31H26N2O2. The van der Waals surface area contributed by atoms with Crippen LogP contribution in [0.3, 0.4) is 0 Å². The van der Waals surface area contributed by atoms with E-state index in [0.29, 0.717) is 18.7 Å². The Hall–Kier alpha value is -4.44. The maximum atomic E-state index is 14.1. The molecule has 4 nitrogen and oxygen atoms in total. The van der Waals surface area contributed by atoms with Gasteiger partial charge in [0.15, 0.2) is 0 Å². The molecule has 0 bridgehead atoms. The predicted octanol–water partition coefficient (Wildman–Crippen LogP) is 6.75. The van der Waals surface area contributed by atoms with Crippen molar-refractivity contribution in [3.8, 4) is 17.0 Å². The molecule has 0 aliphatic heterocycles. The van der Waals surface area contributed by atoms with Crippen LogP contribution in [-0.2, 0) is 13.1 Å². The smallest absolute Gasteiger partial charge is 0.255 e. The minimum atomic E-state index is -0.0274. The van der Waals surface area contributed by atoms with Crippen LogP contribution >= 0.6 is 0 Å². The lowest BCUT2D eigenvalue weighted by molar-refractivity contribution is 0.0732. The first-order chi connectivity index (χ1) is 17.2. The van der Waals surface area contributed by atoms with E-state index in [2.05, 4.69) is 24.3 Å². The summed E-state index contributed by atoms with van der Waals surface area (Å²) in [6.45, 7) is 1.03. The largest absolute Gasteiger partial charge is 0.497 e. The zero-order valence-electron chi connectivity index (χ0n) is 19.6. The van der Waals surface area contributed by atoms with Gasteiger partial charge in [0.25, 0.3) is 5.91 Å². The SMILES string of the molecule is COc1cccc(-c2cc(C(=O)N(Cc3ccccc3)Cc3ccccc3)c3ccccc3n2)c1. The Morgan fingerprint density at radius 2 is 1.37 bits per heavy atom. The Balaban J connectivity index is 1.60. The van der Waals surface area contributed by atoms with Crippen LogP contribution in [-0.4, -0.2) is 22.9 Å². The third kappa shape index (κ3) is 5.07. The number of para-hydroxylation sites is 1. The van der Waals surface area contributed by atoms with E-state index in [-0.39, 0.29) is 5.91 Å². The van der Waals surface area contributed by atoms with Crippen molar-refractivity contribution >= 4 is 16.8 Å². The molecule has 0 saturated carbocycles. The number of benzene rings is 4. The third-order valence-electron chi connectivity index (χ3n) is 6.03. The van der Waals surface area contributed by atoms with Gasteiger partial charge in [-0.05, 0) is 35.4 Å². The van der Waals surface area contributed by atoms with E-state index in [1.54, 1.807) is 7.11 Å². The topological polar surface area (TPSA) is 42.4 Å². The van der Waals surface area contributed by atoms with Gasteiger partial charge in [0.2, 0.25) is 0 Å². The predicted molar refractivity (Wildman–Crippen MR) is 140 cm³/mol. The molecule has 0 radical (unpaired) electrons. The van der Waals surface area contributed by atoms with E-state index in [1.165, 1.54) is 0 Å². The van der Waals surface area contributed by atoms with Crippen LogP contribution in [0.15, 0.2) is 115 Å². The van der Waals surface area contributed by atoms with Crippen LogP contribution in [0.25, 0.3) is 22.2 Å². The number of fused-ring (bicyclic) bond motifs is 1. The first kappa shape index (κ1) is 22.4. The molecule has 1 amide bonds. The van der Waals surface area contributed by atoms with Crippen molar-refractivity contribution in [1.29, 1.82) is 0 Å². The number of nitrogens with zero attached hydrogens (tertiary/aromatic N) is 2. The molecule has 0 saturated heterocycles.